The average molecular weight is 243 g/mol. The second-order valence-electron chi connectivity index (χ2n) is 3.90. The molecule has 1 aliphatic rings. The van der Waals surface area contributed by atoms with Gasteiger partial charge in [-0.2, -0.15) is 11.8 Å². The number of hydrogen-bond acceptors (Lipinski definition) is 2. The Bertz CT molecular complexity index is 306. The minimum atomic E-state index is -0.340. The molecular formula is C12H15ClOS. The molecule has 82 valence electrons. The van der Waals surface area contributed by atoms with E-state index in [1.807, 2.05) is 36.0 Å². The average Bonchev–Trinajstić information content (AvgIpc) is 2.30. The maximum Gasteiger partial charge on any atom is 0.0908 e. The van der Waals surface area contributed by atoms with Crippen molar-refractivity contribution >= 4 is 23.4 Å². The molecule has 0 spiro atoms. The first kappa shape index (κ1) is 11.3. The predicted octanol–water partition coefficient (Wildman–Crippen LogP) is 3.66. The number of aliphatic hydroxyl groups is 1. The van der Waals surface area contributed by atoms with Gasteiger partial charge in [-0.25, -0.2) is 0 Å². The molecule has 2 rings (SSSR count). The first-order valence-corrected chi connectivity index (χ1v) is 6.75. The Labute approximate surface area is 99.8 Å². The van der Waals surface area contributed by atoms with Crippen LogP contribution >= 0.6 is 23.4 Å². The third-order valence-electron chi connectivity index (χ3n) is 2.78. The summed E-state index contributed by atoms with van der Waals surface area (Å²) in [6.07, 6.45) is 3.30. The predicted molar refractivity (Wildman–Crippen MR) is 66.5 cm³/mol. The highest BCUT2D eigenvalue weighted by Gasteiger charge is 2.23. The van der Waals surface area contributed by atoms with Gasteiger partial charge in [0.25, 0.3) is 0 Å². The molecule has 0 amide bonds. The fourth-order valence-corrected chi connectivity index (χ4v) is 3.36. The molecule has 1 aromatic rings. The molecule has 1 aliphatic heterocycles. The summed E-state index contributed by atoms with van der Waals surface area (Å²) in [5.41, 5.74) is 0.985. The van der Waals surface area contributed by atoms with E-state index in [0.717, 1.165) is 17.0 Å². The van der Waals surface area contributed by atoms with Crippen molar-refractivity contribution in [2.75, 3.05) is 5.75 Å². The zero-order chi connectivity index (χ0) is 10.7. The van der Waals surface area contributed by atoms with Crippen molar-refractivity contribution in [1.82, 2.24) is 0 Å². The van der Waals surface area contributed by atoms with E-state index in [2.05, 4.69) is 0 Å². The molecule has 0 aliphatic carbocycles. The van der Waals surface area contributed by atoms with Gasteiger partial charge in [0.15, 0.2) is 0 Å². The van der Waals surface area contributed by atoms with E-state index in [4.69, 9.17) is 11.6 Å². The summed E-state index contributed by atoms with van der Waals surface area (Å²) in [4.78, 5) is 0. The molecule has 1 saturated heterocycles. The van der Waals surface area contributed by atoms with Gasteiger partial charge >= 0.3 is 0 Å². The molecule has 1 N–H and O–H groups in total. The zero-order valence-electron chi connectivity index (χ0n) is 8.53. The normalized spacial score (nSPS) is 23.7. The van der Waals surface area contributed by atoms with Crippen LogP contribution in [0, 0.1) is 0 Å². The fourth-order valence-electron chi connectivity index (χ4n) is 1.89. The van der Waals surface area contributed by atoms with Gasteiger partial charge < -0.3 is 5.11 Å². The van der Waals surface area contributed by atoms with E-state index in [-0.39, 0.29) is 6.10 Å². The minimum Gasteiger partial charge on any atom is -0.387 e. The molecule has 2 atom stereocenters. The molecule has 0 bridgehead atoms. The standard InChI is InChI=1S/C12H15ClOS/c13-10-6-4-9(5-7-10)12(14)11-3-1-2-8-15-11/h4-7,11-12,14H,1-3,8H2. The van der Waals surface area contributed by atoms with Crippen LogP contribution in [0.15, 0.2) is 24.3 Å². The zero-order valence-corrected chi connectivity index (χ0v) is 10.1. The lowest BCUT2D eigenvalue weighted by molar-refractivity contribution is 0.169. The lowest BCUT2D eigenvalue weighted by atomic mass is 10.0. The summed E-state index contributed by atoms with van der Waals surface area (Å²) >= 11 is 7.70. The second kappa shape index (κ2) is 5.24. The quantitative estimate of drug-likeness (QED) is 0.854. The van der Waals surface area contributed by atoms with Crippen LogP contribution in [-0.4, -0.2) is 16.1 Å². The van der Waals surface area contributed by atoms with E-state index in [9.17, 15) is 5.11 Å². The Kier molecular flexibility index (Phi) is 3.95. The van der Waals surface area contributed by atoms with Crippen molar-refractivity contribution in [2.24, 2.45) is 0 Å². The van der Waals surface area contributed by atoms with Crippen molar-refractivity contribution in [3.05, 3.63) is 34.9 Å². The van der Waals surface area contributed by atoms with Crippen LogP contribution in [0.2, 0.25) is 5.02 Å². The molecule has 1 nitrogen and oxygen atoms in total. The Morgan fingerprint density at radius 1 is 1.27 bits per heavy atom. The van der Waals surface area contributed by atoms with Gasteiger partial charge in [0.05, 0.1) is 6.10 Å². The number of aliphatic hydroxyl groups excluding tert-OH is 1. The van der Waals surface area contributed by atoms with Crippen LogP contribution in [0.1, 0.15) is 30.9 Å². The van der Waals surface area contributed by atoms with E-state index in [0.29, 0.717) is 5.25 Å². The van der Waals surface area contributed by atoms with Crippen molar-refractivity contribution in [3.63, 3.8) is 0 Å². The summed E-state index contributed by atoms with van der Waals surface area (Å²) in [7, 11) is 0. The van der Waals surface area contributed by atoms with E-state index < -0.39 is 0 Å². The molecule has 15 heavy (non-hydrogen) atoms. The molecule has 0 aromatic heterocycles. The lowest BCUT2D eigenvalue weighted by Gasteiger charge is -2.26. The summed E-state index contributed by atoms with van der Waals surface area (Å²) in [6, 6.07) is 7.52. The summed E-state index contributed by atoms with van der Waals surface area (Å²) < 4.78 is 0. The van der Waals surface area contributed by atoms with Crippen molar-refractivity contribution in [1.29, 1.82) is 0 Å². The van der Waals surface area contributed by atoms with Crippen LogP contribution in [0.5, 0.6) is 0 Å². The Hall–Kier alpha value is -0.180. The van der Waals surface area contributed by atoms with Crippen LogP contribution in [0.3, 0.4) is 0 Å². The van der Waals surface area contributed by atoms with E-state index >= 15 is 0 Å². The highest BCUT2D eigenvalue weighted by Crippen LogP contribution is 2.34. The third kappa shape index (κ3) is 2.90. The SMILES string of the molecule is OC(c1ccc(Cl)cc1)C1CCCCS1. The maximum absolute atomic E-state index is 10.2. The minimum absolute atomic E-state index is 0.340. The second-order valence-corrected chi connectivity index (χ2v) is 5.68. The maximum atomic E-state index is 10.2. The van der Waals surface area contributed by atoms with Crippen LogP contribution in [0.4, 0.5) is 0 Å². The molecule has 2 unspecified atom stereocenters. The first-order chi connectivity index (χ1) is 7.27. The molecule has 0 saturated carbocycles. The number of hydrogen-bond donors (Lipinski definition) is 1. The largest absolute Gasteiger partial charge is 0.387 e. The van der Waals surface area contributed by atoms with Crippen molar-refractivity contribution in [2.45, 2.75) is 30.6 Å². The van der Waals surface area contributed by atoms with Gasteiger partial charge in [0.1, 0.15) is 0 Å². The monoisotopic (exact) mass is 242 g/mol. The lowest BCUT2D eigenvalue weighted by Crippen LogP contribution is -2.18. The van der Waals surface area contributed by atoms with Gasteiger partial charge in [-0.3, -0.25) is 0 Å². The third-order valence-corrected chi connectivity index (χ3v) is 4.48. The topological polar surface area (TPSA) is 20.2 Å². The molecule has 1 aromatic carbocycles. The Balaban J connectivity index is 2.05. The van der Waals surface area contributed by atoms with Gasteiger partial charge in [0.2, 0.25) is 0 Å². The molecular weight excluding hydrogens is 228 g/mol. The van der Waals surface area contributed by atoms with Crippen LogP contribution in [0.25, 0.3) is 0 Å². The summed E-state index contributed by atoms with van der Waals surface area (Å²) in [5, 5.41) is 11.3. The van der Waals surface area contributed by atoms with Gasteiger partial charge in [-0.15, -0.1) is 0 Å². The van der Waals surface area contributed by atoms with Crippen molar-refractivity contribution in [3.8, 4) is 0 Å². The summed E-state index contributed by atoms with van der Waals surface area (Å²) in [5.74, 6) is 1.18. The molecule has 1 heterocycles. The molecule has 0 radical (unpaired) electrons. The van der Waals surface area contributed by atoms with Gasteiger partial charge in [-0.05, 0) is 36.3 Å². The van der Waals surface area contributed by atoms with Crippen molar-refractivity contribution < 1.29 is 5.11 Å². The Morgan fingerprint density at radius 3 is 2.60 bits per heavy atom. The van der Waals surface area contributed by atoms with E-state index in [1.165, 1.54) is 18.6 Å². The highest BCUT2D eigenvalue weighted by atomic mass is 35.5. The fraction of sp³-hybridized carbons (Fsp3) is 0.500. The Morgan fingerprint density at radius 2 is 2.00 bits per heavy atom. The molecule has 3 heteroatoms. The summed E-state index contributed by atoms with van der Waals surface area (Å²) in [6.45, 7) is 0. The van der Waals surface area contributed by atoms with Crippen LogP contribution in [-0.2, 0) is 0 Å². The van der Waals surface area contributed by atoms with E-state index in [1.54, 1.807) is 0 Å². The van der Waals surface area contributed by atoms with Gasteiger partial charge in [-0.1, -0.05) is 30.2 Å². The number of halogens is 1. The number of rotatable bonds is 2. The first-order valence-electron chi connectivity index (χ1n) is 5.32. The number of thioether (sulfide) groups is 1. The molecule has 1 fully saturated rings. The highest BCUT2D eigenvalue weighted by molar-refractivity contribution is 7.99. The van der Waals surface area contributed by atoms with Crippen LogP contribution < -0.4 is 0 Å². The number of benzene rings is 1. The van der Waals surface area contributed by atoms with Gasteiger partial charge in [0, 0.05) is 10.3 Å². The smallest absolute Gasteiger partial charge is 0.0908 e.